The number of rotatable bonds is 4. The van der Waals surface area contributed by atoms with Gasteiger partial charge in [0.2, 0.25) is 0 Å². The minimum Gasteiger partial charge on any atom is -0.434 e. The van der Waals surface area contributed by atoms with E-state index in [0.717, 1.165) is 0 Å². The van der Waals surface area contributed by atoms with Crippen LogP contribution in [0.4, 0.5) is 8.78 Å². The number of hydrogen-bond donors (Lipinski definition) is 2. The van der Waals surface area contributed by atoms with Crippen molar-refractivity contribution in [3.05, 3.63) is 28.8 Å². The highest BCUT2D eigenvalue weighted by Crippen LogP contribution is 2.31. The Bertz CT molecular complexity index is 372. The number of aliphatic hydroxyl groups excluding tert-OH is 1. The van der Waals surface area contributed by atoms with Crippen LogP contribution in [0.2, 0.25) is 5.02 Å². The van der Waals surface area contributed by atoms with E-state index in [1.807, 2.05) is 0 Å². The van der Waals surface area contributed by atoms with Crippen LogP contribution in [0.5, 0.6) is 5.75 Å². The quantitative estimate of drug-likeness (QED) is 0.862. The van der Waals surface area contributed by atoms with Crippen molar-refractivity contribution in [1.82, 2.24) is 0 Å². The summed E-state index contributed by atoms with van der Waals surface area (Å²) >= 11 is 5.74. The topological polar surface area (TPSA) is 55.5 Å². The second-order valence-electron chi connectivity index (χ2n) is 3.59. The summed E-state index contributed by atoms with van der Waals surface area (Å²) in [7, 11) is 0. The lowest BCUT2D eigenvalue weighted by molar-refractivity contribution is -0.0512. The first kappa shape index (κ1) is 13.2. The van der Waals surface area contributed by atoms with Crippen molar-refractivity contribution in [1.29, 1.82) is 0 Å². The first-order chi connectivity index (χ1) is 7.36. The first-order valence-electron chi connectivity index (χ1n) is 4.51. The molecule has 3 nitrogen and oxygen atoms in total. The van der Waals surface area contributed by atoms with Gasteiger partial charge in [0.15, 0.2) is 0 Å². The molecule has 3 N–H and O–H groups in total. The Labute approximate surface area is 96.8 Å². The lowest BCUT2D eigenvalue weighted by Gasteiger charge is -2.25. The molecule has 16 heavy (non-hydrogen) atoms. The summed E-state index contributed by atoms with van der Waals surface area (Å²) in [6, 6.07) is 4.11. The molecule has 1 unspecified atom stereocenters. The monoisotopic (exact) mass is 251 g/mol. The Morgan fingerprint density at radius 1 is 1.56 bits per heavy atom. The fraction of sp³-hybridized carbons (Fsp3) is 0.400. The van der Waals surface area contributed by atoms with E-state index in [0.29, 0.717) is 5.02 Å². The van der Waals surface area contributed by atoms with Gasteiger partial charge >= 0.3 is 6.61 Å². The van der Waals surface area contributed by atoms with Gasteiger partial charge in [-0.25, -0.2) is 0 Å². The summed E-state index contributed by atoms with van der Waals surface area (Å²) in [5.41, 5.74) is 4.80. The van der Waals surface area contributed by atoms with Gasteiger partial charge in [0.05, 0.1) is 12.1 Å². The average Bonchev–Trinajstić information content (AvgIpc) is 2.20. The largest absolute Gasteiger partial charge is 0.434 e. The maximum Gasteiger partial charge on any atom is 0.387 e. The molecule has 0 aliphatic carbocycles. The summed E-state index contributed by atoms with van der Waals surface area (Å²) in [4.78, 5) is 0. The van der Waals surface area contributed by atoms with E-state index in [-0.39, 0.29) is 11.3 Å². The number of benzene rings is 1. The lowest BCUT2D eigenvalue weighted by atomic mass is 9.93. The van der Waals surface area contributed by atoms with Crippen LogP contribution in [-0.4, -0.2) is 18.3 Å². The number of halogens is 3. The van der Waals surface area contributed by atoms with E-state index in [1.165, 1.54) is 25.1 Å². The molecule has 0 bridgehead atoms. The SMILES string of the molecule is CC(N)(CO)c1cc(Cl)ccc1OC(F)F. The zero-order valence-electron chi connectivity index (χ0n) is 8.58. The first-order valence-corrected chi connectivity index (χ1v) is 4.89. The van der Waals surface area contributed by atoms with Gasteiger partial charge in [-0.3, -0.25) is 0 Å². The van der Waals surface area contributed by atoms with Gasteiger partial charge < -0.3 is 15.6 Å². The standard InChI is InChI=1S/C10H12ClF2NO2/c1-10(14,5-15)7-4-6(11)2-3-8(7)16-9(12)13/h2-4,9,15H,5,14H2,1H3. The molecule has 90 valence electrons. The van der Waals surface area contributed by atoms with Crippen LogP contribution in [0.15, 0.2) is 18.2 Å². The van der Waals surface area contributed by atoms with Crippen LogP contribution in [-0.2, 0) is 5.54 Å². The van der Waals surface area contributed by atoms with Crippen LogP contribution in [0.25, 0.3) is 0 Å². The van der Waals surface area contributed by atoms with Crippen molar-refractivity contribution < 1.29 is 18.6 Å². The summed E-state index contributed by atoms with van der Waals surface area (Å²) in [6.07, 6.45) is 0. The number of nitrogens with two attached hydrogens (primary N) is 1. The number of hydrogen-bond acceptors (Lipinski definition) is 3. The van der Waals surface area contributed by atoms with Gasteiger partial charge in [0.1, 0.15) is 5.75 Å². The number of alkyl halides is 2. The molecule has 0 fully saturated rings. The third kappa shape index (κ3) is 3.04. The second kappa shape index (κ2) is 4.95. The Balaban J connectivity index is 3.18. The molecule has 0 radical (unpaired) electrons. The van der Waals surface area contributed by atoms with Crippen molar-refractivity contribution in [3.63, 3.8) is 0 Å². The maximum absolute atomic E-state index is 12.1. The van der Waals surface area contributed by atoms with Crippen molar-refractivity contribution in [2.24, 2.45) is 5.73 Å². The molecule has 6 heteroatoms. The number of aliphatic hydroxyl groups is 1. The van der Waals surface area contributed by atoms with Gasteiger partial charge in [-0.05, 0) is 25.1 Å². The van der Waals surface area contributed by atoms with E-state index in [9.17, 15) is 8.78 Å². The molecule has 1 atom stereocenters. The molecule has 0 aromatic heterocycles. The number of ether oxygens (including phenoxy) is 1. The minimum atomic E-state index is -2.95. The summed E-state index contributed by atoms with van der Waals surface area (Å²) in [5, 5.41) is 9.42. The average molecular weight is 252 g/mol. The van der Waals surface area contributed by atoms with Gasteiger partial charge in [-0.1, -0.05) is 11.6 Å². The van der Waals surface area contributed by atoms with Crippen LogP contribution >= 0.6 is 11.6 Å². The molecule has 0 saturated heterocycles. The third-order valence-electron chi connectivity index (χ3n) is 2.10. The zero-order chi connectivity index (χ0) is 12.3. The molecule has 0 heterocycles. The Morgan fingerprint density at radius 3 is 2.69 bits per heavy atom. The van der Waals surface area contributed by atoms with Gasteiger partial charge in [0, 0.05) is 10.6 Å². The summed E-state index contributed by atoms with van der Waals surface area (Å²) in [5.74, 6) is -0.0848. The Kier molecular flexibility index (Phi) is 4.07. The van der Waals surface area contributed by atoms with Crippen molar-refractivity contribution >= 4 is 11.6 Å². The lowest BCUT2D eigenvalue weighted by Crippen LogP contribution is -2.37. The van der Waals surface area contributed by atoms with Gasteiger partial charge in [-0.2, -0.15) is 8.78 Å². The van der Waals surface area contributed by atoms with Gasteiger partial charge in [-0.15, -0.1) is 0 Å². The Morgan fingerprint density at radius 2 is 2.19 bits per heavy atom. The fourth-order valence-electron chi connectivity index (χ4n) is 1.23. The van der Waals surface area contributed by atoms with Gasteiger partial charge in [0.25, 0.3) is 0 Å². The van der Waals surface area contributed by atoms with Crippen molar-refractivity contribution in [2.45, 2.75) is 19.1 Å². The van der Waals surface area contributed by atoms with E-state index in [1.54, 1.807) is 0 Å². The van der Waals surface area contributed by atoms with E-state index in [4.69, 9.17) is 22.4 Å². The van der Waals surface area contributed by atoms with Crippen LogP contribution in [0.1, 0.15) is 12.5 Å². The molecule has 1 aromatic carbocycles. The Hall–Kier alpha value is -0.910. The smallest absolute Gasteiger partial charge is 0.387 e. The maximum atomic E-state index is 12.1. The molecule has 0 aliphatic heterocycles. The highest BCUT2D eigenvalue weighted by atomic mass is 35.5. The second-order valence-corrected chi connectivity index (χ2v) is 4.03. The molecule has 1 aromatic rings. The predicted octanol–water partition coefficient (Wildman–Crippen LogP) is 2.11. The van der Waals surface area contributed by atoms with E-state index >= 15 is 0 Å². The third-order valence-corrected chi connectivity index (χ3v) is 2.34. The van der Waals surface area contributed by atoms with E-state index in [2.05, 4.69) is 4.74 Å². The molecule has 0 amide bonds. The van der Waals surface area contributed by atoms with Crippen LogP contribution < -0.4 is 10.5 Å². The van der Waals surface area contributed by atoms with E-state index < -0.39 is 18.8 Å². The molecule has 1 rings (SSSR count). The predicted molar refractivity (Wildman–Crippen MR) is 56.7 cm³/mol. The molecular formula is C10H12ClF2NO2. The van der Waals surface area contributed by atoms with Crippen molar-refractivity contribution in [2.75, 3.05) is 6.61 Å². The molecule has 0 spiro atoms. The molecule has 0 aliphatic rings. The highest BCUT2D eigenvalue weighted by molar-refractivity contribution is 6.30. The normalized spacial score (nSPS) is 14.9. The van der Waals surface area contributed by atoms with Crippen LogP contribution in [0.3, 0.4) is 0 Å². The highest BCUT2D eigenvalue weighted by Gasteiger charge is 2.25. The summed E-state index contributed by atoms with van der Waals surface area (Å²) in [6.45, 7) is -1.86. The summed E-state index contributed by atoms with van der Waals surface area (Å²) < 4.78 is 28.6. The minimum absolute atomic E-state index is 0.0848. The molecule has 0 saturated carbocycles. The zero-order valence-corrected chi connectivity index (χ0v) is 9.34. The van der Waals surface area contributed by atoms with Crippen molar-refractivity contribution in [3.8, 4) is 5.75 Å². The van der Waals surface area contributed by atoms with Crippen LogP contribution in [0, 0.1) is 0 Å². The fourth-order valence-corrected chi connectivity index (χ4v) is 1.40. The molecular weight excluding hydrogens is 240 g/mol.